The van der Waals surface area contributed by atoms with Crippen molar-refractivity contribution in [1.29, 1.82) is 0 Å². The van der Waals surface area contributed by atoms with E-state index in [4.69, 9.17) is 0 Å². The number of carbonyl (C=O) groups excluding carboxylic acids is 2. The number of carbonyl (C=O) groups is 2. The summed E-state index contributed by atoms with van der Waals surface area (Å²) in [6.07, 6.45) is 1.73. The third-order valence-electron chi connectivity index (χ3n) is 3.72. The van der Waals surface area contributed by atoms with Gasteiger partial charge >= 0.3 is 0 Å². The summed E-state index contributed by atoms with van der Waals surface area (Å²) in [5.41, 5.74) is 4.18. The summed E-state index contributed by atoms with van der Waals surface area (Å²) < 4.78 is 0. The molecule has 0 aromatic heterocycles. The minimum atomic E-state index is -0.0803. The third-order valence-corrected chi connectivity index (χ3v) is 3.72. The molecule has 17 heavy (non-hydrogen) atoms. The number of ketones is 2. The molecule has 1 unspecified atom stereocenters. The van der Waals surface area contributed by atoms with Gasteiger partial charge in [-0.05, 0) is 49.9 Å². The maximum atomic E-state index is 12.3. The molecule has 0 amide bonds. The lowest BCUT2D eigenvalue weighted by molar-refractivity contribution is -0.117. The Hall–Kier alpha value is -1.44. The summed E-state index contributed by atoms with van der Waals surface area (Å²) in [5, 5.41) is 0. The zero-order valence-electron chi connectivity index (χ0n) is 10.7. The van der Waals surface area contributed by atoms with Crippen LogP contribution in [0.25, 0.3) is 0 Å². The van der Waals surface area contributed by atoms with Gasteiger partial charge in [0.05, 0.1) is 0 Å². The van der Waals surface area contributed by atoms with E-state index in [9.17, 15) is 9.59 Å². The molecule has 2 nitrogen and oxygen atoms in total. The van der Waals surface area contributed by atoms with E-state index in [1.165, 1.54) is 5.56 Å². The van der Waals surface area contributed by atoms with Crippen LogP contribution in [0.2, 0.25) is 0 Å². The molecule has 90 valence electrons. The molecule has 1 aromatic carbocycles. The van der Waals surface area contributed by atoms with E-state index >= 15 is 0 Å². The molecular formula is C15H18O2. The first kappa shape index (κ1) is 12.0. The molecule has 1 fully saturated rings. The largest absolute Gasteiger partial charge is 0.300 e. The van der Waals surface area contributed by atoms with Crippen LogP contribution in [-0.4, -0.2) is 11.6 Å². The highest BCUT2D eigenvalue weighted by molar-refractivity contribution is 6.02. The van der Waals surface area contributed by atoms with Crippen LogP contribution in [0.1, 0.15) is 46.3 Å². The average molecular weight is 230 g/mol. The lowest BCUT2D eigenvalue weighted by Crippen LogP contribution is -2.13. The Morgan fingerprint density at radius 2 is 1.76 bits per heavy atom. The quantitative estimate of drug-likeness (QED) is 0.731. The first-order chi connectivity index (χ1) is 7.99. The third kappa shape index (κ3) is 2.31. The van der Waals surface area contributed by atoms with E-state index in [0.717, 1.165) is 23.1 Å². The van der Waals surface area contributed by atoms with Gasteiger partial charge < -0.3 is 0 Å². The lowest BCUT2D eigenvalue weighted by atomic mass is 9.91. The summed E-state index contributed by atoms with van der Waals surface area (Å²) in [4.78, 5) is 23.6. The van der Waals surface area contributed by atoms with Gasteiger partial charge in [0.2, 0.25) is 0 Å². The highest BCUT2D eigenvalue weighted by Gasteiger charge is 2.29. The molecule has 0 bridgehead atoms. The van der Waals surface area contributed by atoms with Gasteiger partial charge in [0.25, 0.3) is 0 Å². The smallest absolute Gasteiger partial charge is 0.166 e. The second-order valence-electron chi connectivity index (χ2n) is 5.09. The molecule has 2 rings (SSSR count). The summed E-state index contributed by atoms with van der Waals surface area (Å²) in [6.45, 7) is 6.04. The van der Waals surface area contributed by atoms with E-state index < -0.39 is 0 Å². The van der Waals surface area contributed by atoms with Crippen LogP contribution in [0, 0.1) is 26.7 Å². The number of hydrogen-bond donors (Lipinski definition) is 0. The summed E-state index contributed by atoms with van der Waals surface area (Å²) in [6, 6.07) is 4.02. The topological polar surface area (TPSA) is 34.1 Å². The van der Waals surface area contributed by atoms with Crippen molar-refractivity contribution in [1.82, 2.24) is 0 Å². The van der Waals surface area contributed by atoms with Crippen LogP contribution in [-0.2, 0) is 4.79 Å². The molecule has 2 heteroatoms. The highest BCUT2D eigenvalue weighted by Crippen LogP contribution is 2.27. The van der Waals surface area contributed by atoms with Crippen LogP contribution in [0.4, 0.5) is 0 Å². The second-order valence-corrected chi connectivity index (χ2v) is 5.09. The molecule has 0 aliphatic heterocycles. The minimum absolute atomic E-state index is 0.0803. The van der Waals surface area contributed by atoms with Crippen LogP contribution >= 0.6 is 0 Å². The first-order valence-corrected chi connectivity index (χ1v) is 6.13. The maximum absolute atomic E-state index is 12.3. The Morgan fingerprint density at radius 3 is 2.35 bits per heavy atom. The average Bonchev–Trinajstić information content (AvgIpc) is 2.69. The van der Waals surface area contributed by atoms with Crippen LogP contribution in [0.5, 0.6) is 0 Å². The Labute approximate surface area is 102 Å². The maximum Gasteiger partial charge on any atom is 0.166 e. The zero-order chi connectivity index (χ0) is 12.6. The van der Waals surface area contributed by atoms with Crippen molar-refractivity contribution >= 4 is 11.6 Å². The second kappa shape index (κ2) is 4.44. The summed E-state index contributed by atoms with van der Waals surface area (Å²) >= 11 is 0. The zero-order valence-corrected chi connectivity index (χ0v) is 10.7. The standard InChI is InChI=1S/C15H18O2/c1-9-6-11(3)14(7-10(9)2)15(17)12-4-5-13(16)8-12/h6-7,12H,4-5,8H2,1-3H3. The summed E-state index contributed by atoms with van der Waals surface area (Å²) in [7, 11) is 0. The van der Waals surface area contributed by atoms with Crippen molar-refractivity contribution in [3.63, 3.8) is 0 Å². The van der Waals surface area contributed by atoms with Gasteiger partial charge in [0.1, 0.15) is 5.78 Å². The molecular weight excluding hydrogens is 212 g/mol. The van der Waals surface area contributed by atoms with Gasteiger partial charge in [-0.15, -0.1) is 0 Å². The van der Waals surface area contributed by atoms with Crippen LogP contribution < -0.4 is 0 Å². The van der Waals surface area contributed by atoms with Gasteiger partial charge in [-0.25, -0.2) is 0 Å². The molecule has 1 atom stereocenters. The van der Waals surface area contributed by atoms with Crippen LogP contribution in [0.15, 0.2) is 12.1 Å². The summed E-state index contributed by atoms with van der Waals surface area (Å²) in [5.74, 6) is 0.296. The van der Waals surface area contributed by atoms with E-state index in [1.807, 2.05) is 19.9 Å². The van der Waals surface area contributed by atoms with E-state index in [1.54, 1.807) is 0 Å². The first-order valence-electron chi connectivity index (χ1n) is 6.13. The molecule has 1 aliphatic rings. The van der Waals surface area contributed by atoms with E-state index in [0.29, 0.717) is 12.8 Å². The van der Waals surface area contributed by atoms with Gasteiger partial charge in [-0.3, -0.25) is 9.59 Å². The van der Waals surface area contributed by atoms with E-state index in [-0.39, 0.29) is 17.5 Å². The van der Waals surface area contributed by atoms with Crippen molar-refractivity contribution in [2.24, 2.45) is 5.92 Å². The highest BCUT2D eigenvalue weighted by atomic mass is 16.1. The molecule has 1 aliphatic carbocycles. The minimum Gasteiger partial charge on any atom is -0.300 e. The monoisotopic (exact) mass is 230 g/mol. The molecule has 1 aromatic rings. The number of aryl methyl sites for hydroxylation is 3. The van der Waals surface area contributed by atoms with Gasteiger partial charge in [0, 0.05) is 24.3 Å². The molecule has 0 spiro atoms. The Kier molecular flexibility index (Phi) is 3.14. The van der Waals surface area contributed by atoms with Gasteiger partial charge in [-0.2, -0.15) is 0 Å². The Bertz CT molecular complexity index is 486. The van der Waals surface area contributed by atoms with E-state index in [2.05, 4.69) is 13.0 Å². The molecule has 1 saturated carbocycles. The van der Waals surface area contributed by atoms with Crippen molar-refractivity contribution < 1.29 is 9.59 Å². The normalized spacial score (nSPS) is 19.7. The SMILES string of the molecule is Cc1cc(C)c(C(=O)C2CCC(=O)C2)cc1C. The van der Waals surface area contributed by atoms with Gasteiger partial charge in [-0.1, -0.05) is 6.07 Å². The van der Waals surface area contributed by atoms with Crippen molar-refractivity contribution in [2.75, 3.05) is 0 Å². The Balaban J connectivity index is 2.31. The van der Waals surface area contributed by atoms with Gasteiger partial charge in [0.15, 0.2) is 5.78 Å². The van der Waals surface area contributed by atoms with Crippen molar-refractivity contribution in [3.05, 3.63) is 34.4 Å². The predicted molar refractivity (Wildman–Crippen MR) is 67.3 cm³/mol. The lowest BCUT2D eigenvalue weighted by Gasteiger charge is -2.12. The molecule has 0 radical (unpaired) electrons. The number of Topliss-reactive ketones (excluding diaryl/α,β-unsaturated/α-hetero) is 2. The fourth-order valence-electron chi connectivity index (χ4n) is 2.48. The number of hydrogen-bond acceptors (Lipinski definition) is 2. The number of benzene rings is 1. The fraction of sp³-hybridized carbons (Fsp3) is 0.467. The van der Waals surface area contributed by atoms with Crippen molar-refractivity contribution in [3.8, 4) is 0 Å². The molecule has 0 heterocycles. The molecule has 0 saturated heterocycles. The number of rotatable bonds is 2. The fourth-order valence-corrected chi connectivity index (χ4v) is 2.48. The van der Waals surface area contributed by atoms with Crippen LogP contribution in [0.3, 0.4) is 0 Å². The van der Waals surface area contributed by atoms with Crippen molar-refractivity contribution in [2.45, 2.75) is 40.0 Å². The Morgan fingerprint density at radius 1 is 1.12 bits per heavy atom. The molecule has 0 N–H and O–H groups in total. The predicted octanol–water partition coefficient (Wildman–Crippen LogP) is 3.16.